The molecule has 0 radical (unpaired) electrons. The molecule has 19 heavy (non-hydrogen) atoms. The predicted molar refractivity (Wildman–Crippen MR) is 77.9 cm³/mol. The van der Waals surface area contributed by atoms with Gasteiger partial charge >= 0.3 is 0 Å². The first-order valence-corrected chi connectivity index (χ1v) is 6.80. The molecule has 0 aliphatic carbocycles. The van der Waals surface area contributed by atoms with Crippen LogP contribution < -0.4 is 0 Å². The summed E-state index contributed by atoms with van der Waals surface area (Å²) in [5.74, 6) is 0. The summed E-state index contributed by atoms with van der Waals surface area (Å²) in [6.45, 7) is 5.60. The third-order valence-corrected chi connectivity index (χ3v) is 4.35. The second kappa shape index (κ2) is 5.45. The molecule has 2 aromatic rings. The van der Waals surface area contributed by atoms with Crippen molar-refractivity contribution in [2.45, 2.75) is 30.6 Å². The molecule has 0 saturated carbocycles. The van der Waals surface area contributed by atoms with Gasteiger partial charge in [-0.05, 0) is 44.5 Å². The van der Waals surface area contributed by atoms with Crippen molar-refractivity contribution in [3.8, 4) is 0 Å². The number of nitro benzene ring substituents is 1. The van der Waals surface area contributed by atoms with Crippen LogP contribution >= 0.6 is 11.8 Å². The van der Waals surface area contributed by atoms with Gasteiger partial charge in [0, 0.05) is 20.9 Å². The second-order valence-corrected chi connectivity index (χ2v) is 5.57. The number of benzene rings is 2. The van der Waals surface area contributed by atoms with Gasteiger partial charge in [-0.3, -0.25) is 10.1 Å². The van der Waals surface area contributed by atoms with Crippen molar-refractivity contribution >= 4 is 17.4 Å². The fraction of sp³-hybridized carbons (Fsp3) is 0.200. The van der Waals surface area contributed by atoms with E-state index in [4.69, 9.17) is 0 Å². The molecule has 0 fully saturated rings. The van der Waals surface area contributed by atoms with Crippen molar-refractivity contribution in [2.24, 2.45) is 0 Å². The van der Waals surface area contributed by atoms with Crippen LogP contribution in [0.1, 0.15) is 16.7 Å². The van der Waals surface area contributed by atoms with Gasteiger partial charge in [0.1, 0.15) is 0 Å². The Morgan fingerprint density at radius 2 is 1.68 bits per heavy atom. The zero-order valence-electron chi connectivity index (χ0n) is 11.1. The van der Waals surface area contributed by atoms with E-state index in [0.717, 1.165) is 26.5 Å². The van der Waals surface area contributed by atoms with Gasteiger partial charge in [0.2, 0.25) is 0 Å². The summed E-state index contributed by atoms with van der Waals surface area (Å²) in [6, 6.07) is 11.8. The van der Waals surface area contributed by atoms with Gasteiger partial charge in [0.15, 0.2) is 0 Å². The maximum Gasteiger partial charge on any atom is 0.276 e. The molecule has 0 aromatic heterocycles. The molecule has 0 amide bonds. The highest BCUT2D eigenvalue weighted by molar-refractivity contribution is 7.99. The van der Waals surface area contributed by atoms with Crippen LogP contribution in [0.25, 0.3) is 0 Å². The number of aryl methyl sites for hydroxylation is 2. The van der Waals surface area contributed by atoms with Crippen LogP contribution in [-0.4, -0.2) is 4.92 Å². The predicted octanol–water partition coefficient (Wildman–Crippen LogP) is 4.67. The highest BCUT2D eigenvalue weighted by Gasteiger charge is 2.20. The fourth-order valence-corrected chi connectivity index (χ4v) is 3.20. The van der Waals surface area contributed by atoms with Crippen LogP contribution in [0.5, 0.6) is 0 Å². The molecule has 0 atom stereocenters. The molecule has 0 bridgehead atoms. The zero-order chi connectivity index (χ0) is 14.0. The molecule has 2 rings (SSSR count). The smallest absolute Gasteiger partial charge is 0.258 e. The van der Waals surface area contributed by atoms with Gasteiger partial charge in [-0.25, -0.2) is 0 Å². The molecule has 2 aromatic carbocycles. The largest absolute Gasteiger partial charge is 0.276 e. The Morgan fingerprint density at radius 1 is 1.05 bits per heavy atom. The van der Waals surface area contributed by atoms with Crippen molar-refractivity contribution in [1.29, 1.82) is 0 Å². The second-order valence-electron chi connectivity index (χ2n) is 4.49. The van der Waals surface area contributed by atoms with Crippen LogP contribution in [0.2, 0.25) is 0 Å². The summed E-state index contributed by atoms with van der Waals surface area (Å²) in [4.78, 5) is 12.9. The molecule has 0 saturated heterocycles. The monoisotopic (exact) mass is 273 g/mol. The van der Waals surface area contributed by atoms with E-state index in [1.165, 1.54) is 0 Å². The van der Waals surface area contributed by atoms with Crippen molar-refractivity contribution < 1.29 is 4.92 Å². The van der Waals surface area contributed by atoms with Crippen LogP contribution in [-0.2, 0) is 0 Å². The molecular formula is C15H15NO2S. The number of hydrogen-bond donors (Lipinski definition) is 0. The first kappa shape index (κ1) is 13.6. The van der Waals surface area contributed by atoms with Crippen LogP contribution in [0.3, 0.4) is 0 Å². The SMILES string of the molecule is Cc1cc(C)c([N+](=O)[O-])c(C)c1Sc1ccccc1. The van der Waals surface area contributed by atoms with Gasteiger partial charge in [-0.2, -0.15) is 0 Å². The highest BCUT2D eigenvalue weighted by Crippen LogP contribution is 2.38. The fourth-order valence-electron chi connectivity index (χ4n) is 2.20. The van der Waals surface area contributed by atoms with E-state index in [2.05, 4.69) is 0 Å². The van der Waals surface area contributed by atoms with E-state index < -0.39 is 0 Å². The lowest BCUT2D eigenvalue weighted by atomic mass is 10.1. The van der Waals surface area contributed by atoms with E-state index in [-0.39, 0.29) is 10.6 Å². The highest BCUT2D eigenvalue weighted by atomic mass is 32.2. The van der Waals surface area contributed by atoms with E-state index in [0.29, 0.717) is 0 Å². The quantitative estimate of drug-likeness (QED) is 0.603. The van der Waals surface area contributed by atoms with Crippen LogP contribution in [0, 0.1) is 30.9 Å². The molecule has 4 heteroatoms. The molecule has 0 N–H and O–H groups in total. The number of nitro groups is 1. The normalized spacial score (nSPS) is 10.5. The van der Waals surface area contributed by atoms with Crippen LogP contribution in [0.4, 0.5) is 5.69 Å². The van der Waals surface area contributed by atoms with Crippen molar-refractivity contribution in [1.82, 2.24) is 0 Å². The van der Waals surface area contributed by atoms with Gasteiger partial charge in [0.05, 0.1) is 4.92 Å². The number of rotatable bonds is 3. The van der Waals surface area contributed by atoms with Gasteiger partial charge in [-0.15, -0.1) is 0 Å². The van der Waals surface area contributed by atoms with Crippen molar-refractivity contribution in [2.75, 3.05) is 0 Å². The molecular weight excluding hydrogens is 258 g/mol. The summed E-state index contributed by atoms with van der Waals surface area (Å²) in [6.07, 6.45) is 0. The Morgan fingerprint density at radius 3 is 2.26 bits per heavy atom. The summed E-state index contributed by atoms with van der Waals surface area (Å²) in [5, 5.41) is 11.2. The minimum absolute atomic E-state index is 0.226. The standard InChI is InChI=1S/C15H15NO2S/c1-10-9-11(2)15(12(3)14(10)16(17)18)19-13-7-5-4-6-8-13/h4-9H,1-3H3. The maximum absolute atomic E-state index is 11.2. The summed E-state index contributed by atoms with van der Waals surface area (Å²) in [5.41, 5.74) is 2.77. The topological polar surface area (TPSA) is 43.1 Å². The Kier molecular flexibility index (Phi) is 3.90. The minimum atomic E-state index is -0.292. The Balaban J connectivity index is 2.52. The van der Waals surface area contributed by atoms with Crippen molar-refractivity contribution in [3.05, 3.63) is 63.2 Å². The lowest BCUT2D eigenvalue weighted by molar-refractivity contribution is -0.386. The molecule has 3 nitrogen and oxygen atoms in total. The van der Waals surface area contributed by atoms with Crippen molar-refractivity contribution in [3.63, 3.8) is 0 Å². The molecule has 0 aliphatic heterocycles. The third kappa shape index (κ3) is 2.79. The zero-order valence-corrected chi connectivity index (χ0v) is 12.0. The molecule has 98 valence electrons. The van der Waals surface area contributed by atoms with Gasteiger partial charge < -0.3 is 0 Å². The summed E-state index contributed by atoms with van der Waals surface area (Å²) >= 11 is 1.58. The molecule has 0 aliphatic rings. The Hall–Kier alpha value is -1.81. The number of hydrogen-bond acceptors (Lipinski definition) is 3. The number of nitrogens with zero attached hydrogens (tertiary/aromatic N) is 1. The Bertz CT molecular complexity index is 624. The lowest BCUT2D eigenvalue weighted by Crippen LogP contribution is -1.98. The van der Waals surface area contributed by atoms with E-state index in [9.17, 15) is 10.1 Å². The first-order chi connectivity index (χ1) is 9.00. The van der Waals surface area contributed by atoms with Gasteiger partial charge in [-0.1, -0.05) is 30.0 Å². The lowest BCUT2D eigenvalue weighted by Gasteiger charge is -2.11. The maximum atomic E-state index is 11.2. The average Bonchev–Trinajstić information content (AvgIpc) is 2.35. The molecule has 0 heterocycles. The summed E-state index contributed by atoms with van der Waals surface area (Å²) in [7, 11) is 0. The van der Waals surface area contributed by atoms with E-state index in [1.807, 2.05) is 50.2 Å². The third-order valence-electron chi connectivity index (χ3n) is 3.01. The summed E-state index contributed by atoms with van der Waals surface area (Å²) < 4.78 is 0. The van der Waals surface area contributed by atoms with Gasteiger partial charge in [0.25, 0.3) is 5.69 Å². The Labute approximate surface area is 116 Å². The average molecular weight is 273 g/mol. The van der Waals surface area contributed by atoms with E-state index >= 15 is 0 Å². The minimum Gasteiger partial charge on any atom is -0.258 e. The molecule has 0 unspecified atom stereocenters. The van der Waals surface area contributed by atoms with E-state index in [1.54, 1.807) is 18.7 Å². The van der Waals surface area contributed by atoms with Crippen LogP contribution in [0.15, 0.2) is 46.2 Å². The first-order valence-electron chi connectivity index (χ1n) is 5.99. The molecule has 0 spiro atoms.